The molecule has 2 saturated heterocycles. The minimum Gasteiger partial charge on any atom is -0.472 e. The van der Waals surface area contributed by atoms with Gasteiger partial charge in [0.2, 0.25) is 0 Å². The van der Waals surface area contributed by atoms with E-state index >= 15 is 0 Å². The first-order valence-corrected chi connectivity index (χ1v) is 7.18. The lowest BCUT2D eigenvalue weighted by Crippen LogP contribution is -2.43. The van der Waals surface area contributed by atoms with Gasteiger partial charge in [0.05, 0.1) is 25.7 Å². The third kappa shape index (κ3) is 2.71. The van der Waals surface area contributed by atoms with Crippen LogP contribution in [0.2, 0.25) is 0 Å². The SMILES string of the molecule is C[C@@H]1CN(C)C[C@]12COCCN(Cc1ccoc1)C2. The van der Waals surface area contributed by atoms with E-state index in [1.165, 1.54) is 12.1 Å². The van der Waals surface area contributed by atoms with Gasteiger partial charge in [-0.25, -0.2) is 0 Å². The van der Waals surface area contributed by atoms with Crippen molar-refractivity contribution >= 4 is 0 Å². The molecule has 0 aromatic carbocycles. The first kappa shape index (κ1) is 13.2. The normalized spacial score (nSPS) is 33.9. The lowest BCUT2D eigenvalue weighted by molar-refractivity contribution is 0.0514. The van der Waals surface area contributed by atoms with Crippen LogP contribution in [-0.4, -0.2) is 56.2 Å². The number of rotatable bonds is 2. The molecule has 2 fully saturated rings. The Morgan fingerprint density at radius 1 is 1.42 bits per heavy atom. The number of ether oxygens (including phenoxy) is 1. The van der Waals surface area contributed by atoms with Crippen molar-refractivity contribution in [2.75, 3.05) is 46.4 Å². The molecule has 106 valence electrons. The van der Waals surface area contributed by atoms with Crippen LogP contribution in [0.25, 0.3) is 0 Å². The largest absolute Gasteiger partial charge is 0.472 e. The summed E-state index contributed by atoms with van der Waals surface area (Å²) >= 11 is 0. The second-order valence-electron chi connectivity index (χ2n) is 6.36. The monoisotopic (exact) mass is 264 g/mol. The molecular formula is C15H24N2O2. The molecule has 0 N–H and O–H groups in total. The average Bonchev–Trinajstić information content (AvgIpc) is 2.88. The van der Waals surface area contributed by atoms with Crippen LogP contribution in [0.1, 0.15) is 12.5 Å². The van der Waals surface area contributed by atoms with E-state index in [1.807, 2.05) is 6.26 Å². The van der Waals surface area contributed by atoms with Gasteiger partial charge in [0.25, 0.3) is 0 Å². The van der Waals surface area contributed by atoms with Gasteiger partial charge < -0.3 is 14.1 Å². The van der Waals surface area contributed by atoms with Crippen LogP contribution in [0, 0.1) is 11.3 Å². The van der Waals surface area contributed by atoms with Gasteiger partial charge in [0.15, 0.2) is 0 Å². The highest BCUT2D eigenvalue weighted by molar-refractivity contribution is 5.06. The maximum absolute atomic E-state index is 5.91. The fraction of sp³-hybridized carbons (Fsp3) is 0.733. The van der Waals surface area contributed by atoms with Crippen molar-refractivity contribution in [3.63, 3.8) is 0 Å². The van der Waals surface area contributed by atoms with Crippen LogP contribution < -0.4 is 0 Å². The van der Waals surface area contributed by atoms with E-state index in [1.54, 1.807) is 6.26 Å². The predicted molar refractivity (Wildman–Crippen MR) is 73.9 cm³/mol. The Morgan fingerprint density at radius 2 is 2.32 bits per heavy atom. The van der Waals surface area contributed by atoms with Gasteiger partial charge in [-0.05, 0) is 19.0 Å². The highest BCUT2D eigenvalue weighted by atomic mass is 16.5. The van der Waals surface area contributed by atoms with Gasteiger partial charge in [-0.3, -0.25) is 4.90 Å². The van der Waals surface area contributed by atoms with Crippen molar-refractivity contribution < 1.29 is 9.15 Å². The average molecular weight is 264 g/mol. The highest BCUT2D eigenvalue weighted by Gasteiger charge is 2.45. The summed E-state index contributed by atoms with van der Waals surface area (Å²) in [5, 5.41) is 0. The summed E-state index contributed by atoms with van der Waals surface area (Å²) in [5.74, 6) is 0.697. The van der Waals surface area contributed by atoms with Crippen LogP contribution in [0.5, 0.6) is 0 Å². The molecule has 0 radical (unpaired) electrons. The predicted octanol–water partition coefficient (Wildman–Crippen LogP) is 1.68. The van der Waals surface area contributed by atoms with Crippen molar-refractivity contribution in [1.82, 2.24) is 9.80 Å². The van der Waals surface area contributed by atoms with Crippen molar-refractivity contribution in [3.8, 4) is 0 Å². The third-order valence-corrected chi connectivity index (χ3v) is 4.68. The number of nitrogens with zero attached hydrogens (tertiary/aromatic N) is 2. The van der Waals surface area contributed by atoms with Crippen LogP contribution in [0.15, 0.2) is 23.0 Å². The molecule has 4 heteroatoms. The topological polar surface area (TPSA) is 28.9 Å². The standard InChI is InChI=1S/C15H24N2O2/c1-13-7-16(2)10-15(13)11-17(4-6-19-12-15)8-14-3-5-18-9-14/h3,5,9,13H,4,6-8,10-12H2,1-2H3/t13-,15+/m1/s1. The first-order chi connectivity index (χ1) is 9.18. The van der Waals surface area contributed by atoms with Crippen LogP contribution in [0.3, 0.4) is 0 Å². The summed E-state index contributed by atoms with van der Waals surface area (Å²) in [7, 11) is 2.22. The maximum atomic E-state index is 5.91. The lowest BCUT2D eigenvalue weighted by Gasteiger charge is -2.34. The first-order valence-electron chi connectivity index (χ1n) is 7.18. The second-order valence-corrected chi connectivity index (χ2v) is 6.36. The Morgan fingerprint density at radius 3 is 3.00 bits per heavy atom. The minimum atomic E-state index is 0.301. The number of hydrogen-bond acceptors (Lipinski definition) is 4. The van der Waals surface area contributed by atoms with Crippen LogP contribution >= 0.6 is 0 Å². The molecule has 19 heavy (non-hydrogen) atoms. The molecule has 3 rings (SSSR count). The van der Waals surface area contributed by atoms with E-state index in [-0.39, 0.29) is 0 Å². The molecule has 2 atom stereocenters. The molecule has 1 aromatic rings. The molecule has 0 saturated carbocycles. The van der Waals surface area contributed by atoms with Crippen molar-refractivity contribution in [2.45, 2.75) is 13.5 Å². The quantitative estimate of drug-likeness (QED) is 0.812. The summed E-state index contributed by atoms with van der Waals surface area (Å²) < 4.78 is 11.1. The molecule has 0 unspecified atom stereocenters. The molecule has 4 nitrogen and oxygen atoms in total. The van der Waals surface area contributed by atoms with E-state index in [9.17, 15) is 0 Å². The van der Waals surface area contributed by atoms with Gasteiger partial charge in [-0.2, -0.15) is 0 Å². The third-order valence-electron chi connectivity index (χ3n) is 4.68. The van der Waals surface area contributed by atoms with E-state index in [0.717, 1.165) is 39.4 Å². The molecular weight excluding hydrogens is 240 g/mol. The molecule has 2 aliphatic rings. The van der Waals surface area contributed by atoms with Crippen molar-refractivity contribution in [1.29, 1.82) is 0 Å². The van der Waals surface area contributed by atoms with E-state index in [4.69, 9.17) is 9.15 Å². The highest BCUT2D eigenvalue weighted by Crippen LogP contribution is 2.37. The minimum absolute atomic E-state index is 0.301. The Labute approximate surface area is 115 Å². The summed E-state index contributed by atoms with van der Waals surface area (Å²) in [6, 6.07) is 2.06. The van der Waals surface area contributed by atoms with E-state index in [0.29, 0.717) is 11.3 Å². The zero-order valence-electron chi connectivity index (χ0n) is 12.0. The Balaban J connectivity index is 1.72. The van der Waals surface area contributed by atoms with E-state index in [2.05, 4.69) is 29.8 Å². The van der Waals surface area contributed by atoms with Crippen LogP contribution in [0.4, 0.5) is 0 Å². The molecule has 0 aliphatic carbocycles. The molecule has 1 spiro atoms. The van der Waals surface area contributed by atoms with Gasteiger partial charge >= 0.3 is 0 Å². The Kier molecular flexibility index (Phi) is 3.65. The van der Waals surface area contributed by atoms with Gasteiger partial charge in [0, 0.05) is 43.7 Å². The van der Waals surface area contributed by atoms with Gasteiger partial charge in [0.1, 0.15) is 0 Å². The summed E-state index contributed by atoms with van der Waals surface area (Å²) in [6.45, 7) is 9.56. The summed E-state index contributed by atoms with van der Waals surface area (Å²) in [5.41, 5.74) is 1.56. The summed E-state index contributed by atoms with van der Waals surface area (Å²) in [4.78, 5) is 4.96. The zero-order valence-corrected chi connectivity index (χ0v) is 12.0. The molecule has 2 aliphatic heterocycles. The molecule has 0 bridgehead atoms. The fourth-order valence-corrected chi connectivity index (χ4v) is 3.63. The number of likely N-dealkylation sites (tertiary alicyclic amines) is 1. The fourth-order valence-electron chi connectivity index (χ4n) is 3.63. The van der Waals surface area contributed by atoms with Gasteiger partial charge in [-0.1, -0.05) is 6.92 Å². The van der Waals surface area contributed by atoms with Crippen LogP contribution in [-0.2, 0) is 11.3 Å². The Bertz CT molecular complexity index is 406. The molecule has 1 aromatic heterocycles. The number of hydrogen-bond donors (Lipinski definition) is 0. The van der Waals surface area contributed by atoms with Crippen molar-refractivity contribution in [3.05, 3.63) is 24.2 Å². The zero-order chi connectivity index (χ0) is 13.3. The maximum Gasteiger partial charge on any atom is 0.0947 e. The van der Waals surface area contributed by atoms with E-state index < -0.39 is 0 Å². The second kappa shape index (κ2) is 5.27. The summed E-state index contributed by atoms with van der Waals surface area (Å²) in [6.07, 6.45) is 3.61. The van der Waals surface area contributed by atoms with Gasteiger partial charge in [-0.15, -0.1) is 0 Å². The van der Waals surface area contributed by atoms with Crippen molar-refractivity contribution in [2.24, 2.45) is 11.3 Å². The molecule has 3 heterocycles. The molecule has 0 amide bonds. The number of furan rings is 1. The lowest BCUT2D eigenvalue weighted by atomic mass is 9.79. The smallest absolute Gasteiger partial charge is 0.0947 e. The Hall–Kier alpha value is -0.840.